The summed E-state index contributed by atoms with van der Waals surface area (Å²) >= 11 is 14.7. The number of imide groups is 2. The number of aromatic hydroxyl groups is 1. The zero-order chi connectivity index (χ0) is 34.1. The van der Waals surface area contributed by atoms with E-state index in [0.717, 1.165) is 29.0 Å². The summed E-state index contributed by atoms with van der Waals surface area (Å²) in [5.41, 5.74) is 2.87. The van der Waals surface area contributed by atoms with Gasteiger partial charge in [-0.2, -0.15) is 0 Å². The van der Waals surface area contributed by atoms with Crippen molar-refractivity contribution in [2.45, 2.75) is 35.9 Å². The van der Waals surface area contributed by atoms with Crippen molar-refractivity contribution < 1.29 is 33.4 Å². The van der Waals surface area contributed by atoms with Crippen molar-refractivity contribution in [3.63, 3.8) is 0 Å². The highest BCUT2D eigenvalue weighted by atomic mass is 35.5. The Morgan fingerprint density at radius 1 is 0.917 bits per heavy atom. The minimum Gasteiger partial charge on any atom is -0.504 e. The number of aryl methyl sites for hydroxylation is 1. The van der Waals surface area contributed by atoms with Crippen LogP contribution in [0.1, 0.15) is 30.9 Å². The second-order valence-electron chi connectivity index (χ2n) is 12.6. The number of phenols is 1. The first-order valence-electron chi connectivity index (χ1n) is 15.7. The zero-order valence-electron chi connectivity index (χ0n) is 26.0. The molecule has 7 rings (SSSR count). The van der Waals surface area contributed by atoms with E-state index in [0.29, 0.717) is 16.8 Å². The number of anilines is 2. The molecule has 2 aliphatic carbocycles. The lowest BCUT2D eigenvalue weighted by Gasteiger charge is -2.49. The largest absolute Gasteiger partial charge is 0.504 e. The fourth-order valence-electron chi connectivity index (χ4n) is 7.79. The molecule has 0 radical (unpaired) electrons. The van der Waals surface area contributed by atoms with Crippen LogP contribution in [-0.4, -0.2) is 45.6 Å². The van der Waals surface area contributed by atoms with Crippen LogP contribution >= 0.6 is 23.2 Å². The number of amides is 4. The van der Waals surface area contributed by atoms with Gasteiger partial charge in [-0.05, 0) is 84.8 Å². The third-order valence-corrected chi connectivity index (χ3v) is 11.7. The van der Waals surface area contributed by atoms with Gasteiger partial charge in [-0.25, -0.2) is 9.29 Å². The molecule has 4 aliphatic rings. The SMILES string of the molecule is CCc1ccc(N2C(=O)[C@H]3[C@H](CC=C4[C@H]3C[C@@]3(Cl)C(=O)N(c5ccc(F)cc5)C(=O)[C@@]3(Cl)[C@H]4C=Cc3ccc(O)c(OC)c3)C2=O)cc1. The van der Waals surface area contributed by atoms with Gasteiger partial charge in [0.05, 0.1) is 30.3 Å². The van der Waals surface area contributed by atoms with Crippen LogP contribution in [0.3, 0.4) is 0 Å². The van der Waals surface area contributed by atoms with Crippen molar-refractivity contribution in [3.8, 4) is 11.5 Å². The molecule has 6 atom stereocenters. The molecule has 4 amide bonds. The number of carbonyl (C=O) groups is 4. The van der Waals surface area contributed by atoms with E-state index in [1.807, 2.05) is 25.1 Å². The first-order chi connectivity index (χ1) is 22.9. The van der Waals surface area contributed by atoms with E-state index in [4.69, 9.17) is 27.9 Å². The second-order valence-corrected chi connectivity index (χ2v) is 13.9. The van der Waals surface area contributed by atoms with Gasteiger partial charge in [-0.15, -0.1) is 23.2 Å². The molecule has 0 unspecified atom stereocenters. The summed E-state index contributed by atoms with van der Waals surface area (Å²) < 4.78 is 19.1. The zero-order valence-corrected chi connectivity index (χ0v) is 27.5. The van der Waals surface area contributed by atoms with Crippen molar-refractivity contribution in [1.82, 2.24) is 0 Å². The molecular formula is C37H31Cl2FN2O6. The van der Waals surface area contributed by atoms with Crippen LogP contribution in [-0.2, 0) is 25.6 Å². The Kier molecular flexibility index (Phi) is 7.75. The van der Waals surface area contributed by atoms with E-state index in [1.54, 1.807) is 36.4 Å². The average molecular weight is 690 g/mol. The number of hydrogen-bond donors (Lipinski definition) is 1. The lowest BCUT2D eigenvalue weighted by atomic mass is 9.57. The summed E-state index contributed by atoms with van der Waals surface area (Å²) in [5, 5.41) is 10.1. The van der Waals surface area contributed by atoms with E-state index in [9.17, 15) is 28.7 Å². The molecule has 246 valence electrons. The Bertz CT molecular complexity index is 1930. The summed E-state index contributed by atoms with van der Waals surface area (Å²) in [7, 11) is 1.42. The van der Waals surface area contributed by atoms with E-state index < -0.39 is 57.0 Å². The molecule has 2 aliphatic heterocycles. The number of allylic oxidation sites excluding steroid dienone is 3. The van der Waals surface area contributed by atoms with Crippen LogP contribution in [0.15, 0.2) is 84.5 Å². The molecule has 2 saturated heterocycles. The molecule has 1 saturated carbocycles. The predicted molar refractivity (Wildman–Crippen MR) is 179 cm³/mol. The fourth-order valence-corrected chi connectivity index (χ4v) is 8.68. The van der Waals surface area contributed by atoms with Crippen LogP contribution in [0.2, 0.25) is 0 Å². The number of methoxy groups -OCH3 is 1. The van der Waals surface area contributed by atoms with Gasteiger partial charge >= 0.3 is 0 Å². The number of halogens is 3. The van der Waals surface area contributed by atoms with Crippen molar-refractivity contribution in [2.24, 2.45) is 23.7 Å². The number of alkyl halides is 2. The van der Waals surface area contributed by atoms with Gasteiger partial charge < -0.3 is 9.84 Å². The second kappa shape index (κ2) is 11.6. The Hall–Kier alpha value is -4.47. The van der Waals surface area contributed by atoms with Gasteiger partial charge in [-0.1, -0.05) is 48.9 Å². The molecule has 11 heteroatoms. The molecule has 2 heterocycles. The molecule has 1 N–H and O–H groups in total. The maximum absolute atomic E-state index is 14.4. The normalized spacial score (nSPS) is 29.6. The Balaban J connectivity index is 1.35. The molecule has 0 spiro atoms. The third-order valence-electron chi connectivity index (χ3n) is 10.2. The van der Waals surface area contributed by atoms with Gasteiger partial charge in [0.25, 0.3) is 11.8 Å². The molecule has 48 heavy (non-hydrogen) atoms. The standard InChI is InChI=1S/C37H31Cl2FN2O6/c1-3-20-4-10-23(11-5-20)41-32(44)26-15-14-25-27(31(26)33(41)45)19-36(38)34(46)42(24-12-8-22(40)9-13-24)35(47)37(36,39)28(25)16-6-21-7-17-29(43)30(18-21)48-2/h4-14,16-18,26-28,31,43H,3,15,19H2,1-2H3/t26-,27+,28-,31-,36+,37-/m0/s1. The molecule has 0 aromatic heterocycles. The highest BCUT2D eigenvalue weighted by Gasteiger charge is 2.76. The minimum atomic E-state index is -2.03. The Morgan fingerprint density at radius 2 is 1.58 bits per heavy atom. The summed E-state index contributed by atoms with van der Waals surface area (Å²) in [6.45, 7) is 2.01. The molecule has 0 bridgehead atoms. The van der Waals surface area contributed by atoms with Gasteiger partial charge in [0.15, 0.2) is 21.2 Å². The monoisotopic (exact) mass is 688 g/mol. The Morgan fingerprint density at radius 3 is 2.25 bits per heavy atom. The molecule has 3 aromatic rings. The van der Waals surface area contributed by atoms with Crippen LogP contribution in [0.5, 0.6) is 11.5 Å². The van der Waals surface area contributed by atoms with Crippen LogP contribution in [0, 0.1) is 29.5 Å². The summed E-state index contributed by atoms with van der Waals surface area (Å²) in [4.78, 5) is 54.8. The predicted octanol–water partition coefficient (Wildman–Crippen LogP) is 6.42. The van der Waals surface area contributed by atoms with Crippen LogP contribution in [0.4, 0.5) is 15.8 Å². The van der Waals surface area contributed by atoms with Crippen molar-refractivity contribution in [2.75, 3.05) is 16.9 Å². The van der Waals surface area contributed by atoms with E-state index in [-0.39, 0.29) is 35.9 Å². The first-order valence-corrected chi connectivity index (χ1v) is 16.4. The summed E-state index contributed by atoms with van der Waals surface area (Å²) in [5.74, 6) is -5.90. The van der Waals surface area contributed by atoms with Gasteiger partial charge in [0.2, 0.25) is 11.8 Å². The summed E-state index contributed by atoms with van der Waals surface area (Å²) in [6.07, 6.45) is 6.07. The quantitative estimate of drug-likeness (QED) is 0.182. The highest BCUT2D eigenvalue weighted by molar-refractivity contribution is 6.58. The maximum Gasteiger partial charge on any atom is 0.258 e. The van der Waals surface area contributed by atoms with Gasteiger partial charge in [0.1, 0.15) is 5.82 Å². The number of phenolic OH excluding ortho intramolecular Hbond substituents is 1. The number of nitrogens with zero attached hydrogens (tertiary/aromatic N) is 2. The van der Waals surface area contributed by atoms with E-state index in [2.05, 4.69) is 0 Å². The maximum atomic E-state index is 14.4. The topological polar surface area (TPSA) is 104 Å². The van der Waals surface area contributed by atoms with Gasteiger partial charge in [0, 0.05) is 5.92 Å². The van der Waals surface area contributed by atoms with E-state index in [1.165, 1.54) is 30.2 Å². The minimum absolute atomic E-state index is 0.0631. The molecule has 3 fully saturated rings. The number of fused-ring (bicyclic) bond motifs is 4. The van der Waals surface area contributed by atoms with Crippen molar-refractivity contribution >= 4 is 64.3 Å². The number of carbonyl (C=O) groups excluding carboxylic acids is 4. The van der Waals surface area contributed by atoms with Gasteiger partial charge in [-0.3, -0.25) is 24.1 Å². The smallest absolute Gasteiger partial charge is 0.258 e. The van der Waals surface area contributed by atoms with Crippen LogP contribution < -0.4 is 14.5 Å². The number of rotatable bonds is 6. The number of benzene rings is 3. The van der Waals surface area contributed by atoms with Crippen LogP contribution in [0.25, 0.3) is 6.08 Å². The Labute approximate surface area is 286 Å². The molecule has 8 nitrogen and oxygen atoms in total. The third kappa shape index (κ3) is 4.54. The summed E-state index contributed by atoms with van der Waals surface area (Å²) in [6, 6.07) is 16.8. The average Bonchev–Trinajstić information content (AvgIpc) is 3.43. The fraction of sp³-hybridized carbons (Fsp3) is 0.297. The number of hydrogen-bond acceptors (Lipinski definition) is 6. The highest BCUT2D eigenvalue weighted by Crippen LogP contribution is 2.63. The molecular weight excluding hydrogens is 658 g/mol. The lowest BCUT2D eigenvalue weighted by Crippen LogP contribution is -2.60. The first kappa shape index (κ1) is 32.1. The number of ether oxygens (including phenoxy) is 1. The van der Waals surface area contributed by atoms with E-state index >= 15 is 0 Å². The lowest BCUT2D eigenvalue weighted by molar-refractivity contribution is -0.125. The molecule has 3 aromatic carbocycles. The van der Waals surface area contributed by atoms with Crippen molar-refractivity contribution in [1.29, 1.82) is 0 Å². The van der Waals surface area contributed by atoms with Crippen molar-refractivity contribution in [3.05, 3.63) is 101 Å².